The van der Waals surface area contributed by atoms with E-state index in [0.29, 0.717) is 12.5 Å². The number of hydrogen-bond donors (Lipinski definition) is 0. The SMILES string of the molecule is COc1ccc(Cn2nc(-c3ccc(C4C[CH]C4)nc3)c3nc(-c4cccc5c4CCC5)c(OC)cc32)cc1. The normalized spacial score (nSPS) is 14.8. The van der Waals surface area contributed by atoms with Gasteiger partial charge in [-0.1, -0.05) is 30.3 Å². The highest BCUT2D eigenvalue weighted by Gasteiger charge is 2.24. The first-order chi connectivity index (χ1) is 19.2. The van der Waals surface area contributed by atoms with Crippen molar-refractivity contribution in [1.29, 1.82) is 0 Å². The number of pyridine rings is 2. The Morgan fingerprint density at radius 2 is 1.79 bits per heavy atom. The van der Waals surface area contributed by atoms with Crippen molar-refractivity contribution in [2.75, 3.05) is 14.2 Å². The Labute approximate surface area is 228 Å². The van der Waals surface area contributed by atoms with E-state index in [0.717, 1.165) is 82.0 Å². The number of aryl methyl sites for hydroxylation is 1. The zero-order valence-electron chi connectivity index (χ0n) is 22.4. The molecule has 0 atom stereocenters. The summed E-state index contributed by atoms with van der Waals surface area (Å²) in [5.74, 6) is 2.14. The molecule has 0 N–H and O–H groups in total. The molecule has 0 aliphatic heterocycles. The molecule has 1 radical (unpaired) electrons. The van der Waals surface area contributed by atoms with Crippen LogP contribution in [0, 0.1) is 6.42 Å². The molecule has 0 spiro atoms. The third kappa shape index (κ3) is 4.24. The molecule has 5 aromatic rings. The van der Waals surface area contributed by atoms with Gasteiger partial charge in [0.1, 0.15) is 28.4 Å². The first kappa shape index (κ1) is 23.9. The first-order valence-corrected chi connectivity index (χ1v) is 13.7. The van der Waals surface area contributed by atoms with E-state index in [2.05, 4.69) is 55.0 Å². The monoisotopic (exact) mass is 515 g/mol. The Bertz CT molecular complexity index is 1650. The number of aromatic nitrogens is 4. The highest BCUT2D eigenvalue weighted by Crippen LogP contribution is 2.40. The minimum absolute atomic E-state index is 0.539. The Hall–Kier alpha value is -4.19. The van der Waals surface area contributed by atoms with Gasteiger partial charge in [0, 0.05) is 35.0 Å². The van der Waals surface area contributed by atoms with Crippen molar-refractivity contribution in [2.24, 2.45) is 0 Å². The molecule has 0 saturated heterocycles. The Morgan fingerprint density at radius 3 is 2.51 bits per heavy atom. The second-order valence-corrected chi connectivity index (χ2v) is 10.5. The van der Waals surface area contributed by atoms with Gasteiger partial charge in [0.05, 0.1) is 26.3 Å². The predicted molar refractivity (Wildman–Crippen MR) is 153 cm³/mol. The van der Waals surface area contributed by atoms with Crippen molar-refractivity contribution in [2.45, 2.75) is 44.6 Å². The van der Waals surface area contributed by atoms with Crippen molar-refractivity contribution in [3.8, 4) is 34.0 Å². The molecule has 195 valence electrons. The van der Waals surface area contributed by atoms with Crippen LogP contribution in [0.1, 0.15) is 47.6 Å². The lowest BCUT2D eigenvalue weighted by atomic mass is 9.82. The van der Waals surface area contributed by atoms with E-state index in [1.54, 1.807) is 14.2 Å². The maximum Gasteiger partial charge on any atom is 0.147 e. The Kier molecular flexibility index (Phi) is 6.03. The van der Waals surface area contributed by atoms with Crippen molar-refractivity contribution in [3.05, 3.63) is 95.7 Å². The van der Waals surface area contributed by atoms with E-state index in [9.17, 15) is 0 Å². The van der Waals surface area contributed by atoms with Crippen molar-refractivity contribution in [3.63, 3.8) is 0 Å². The summed E-state index contributed by atoms with van der Waals surface area (Å²) in [5.41, 5.74) is 10.7. The summed E-state index contributed by atoms with van der Waals surface area (Å²) in [6.07, 6.45) is 9.86. The summed E-state index contributed by atoms with van der Waals surface area (Å²) in [7, 11) is 3.41. The molecule has 39 heavy (non-hydrogen) atoms. The molecule has 6 nitrogen and oxygen atoms in total. The number of rotatable bonds is 7. The Balaban J connectivity index is 1.39. The van der Waals surface area contributed by atoms with Gasteiger partial charge in [0.25, 0.3) is 0 Å². The molecule has 0 amide bonds. The smallest absolute Gasteiger partial charge is 0.147 e. The molecule has 0 bridgehead atoms. The topological polar surface area (TPSA) is 62.1 Å². The van der Waals surface area contributed by atoms with Crippen LogP contribution in [0.4, 0.5) is 0 Å². The molecule has 6 heteroatoms. The van der Waals surface area contributed by atoms with Crippen LogP contribution < -0.4 is 9.47 Å². The average Bonchev–Trinajstić information content (AvgIpc) is 3.57. The van der Waals surface area contributed by atoms with Gasteiger partial charge in [-0.05, 0) is 79.5 Å². The molecular weight excluding hydrogens is 484 g/mol. The number of fused-ring (bicyclic) bond motifs is 2. The highest BCUT2D eigenvalue weighted by molar-refractivity contribution is 5.93. The van der Waals surface area contributed by atoms with Crippen molar-refractivity contribution < 1.29 is 9.47 Å². The summed E-state index contributed by atoms with van der Waals surface area (Å²) in [6.45, 7) is 0.606. The molecule has 7 rings (SSSR count). The number of methoxy groups -OCH3 is 2. The third-order valence-electron chi connectivity index (χ3n) is 8.18. The molecule has 1 saturated carbocycles. The van der Waals surface area contributed by atoms with E-state index >= 15 is 0 Å². The Morgan fingerprint density at radius 1 is 0.923 bits per heavy atom. The van der Waals surface area contributed by atoms with Gasteiger partial charge in [0.15, 0.2) is 0 Å². The molecule has 2 aromatic carbocycles. The highest BCUT2D eigenvalue weighted by atomic mass is 16.5. The minimum Gasteiger partial charge on any atom is -0.497 e. The van der Waals surface area contributed by atoms with Gasteiger partial charge in [-0.2, -0.15) is 5.10 Å². The summed E-state index contributed by atoms with van der Waals surface area (Å²) < 4.78 is 13.3. The van der Waals surface area contributed by atoms with Crippen LogP contribution in [0.25, 0.3) is 33.5 Å². The van der Waals surface area contributed by atoms with E-state index < -0.39 is 0 Å². The van der Waals surface area contributed by atoms with Gasteiger partial charge >= 0.3 is 0 Å². The van der Waals surface area contributed by atoms with Crippen LogP contribution in [0.5, 0.6) is 11.5 Å². The summed E-state index contributed by atoms with van der Waals surface area (Å²) in [6, 6.07) is 21.1. The zero-order chi connectivity index (χ0) is 26.3. The third-order valence-corrected chi connectivity index (χ3v) is 8.18. The second-order valence-electron chi connectivity index (χ2n) is 10.5. The first-order valence-electron chi connectivity index (χ1n) is 13.7. The minimum atomic E-state index is 0.539. The lowest BCUT2D eigenvalue weighted by Crippen LogP contribution is -2.10. The van der Waals surface area contributed by atoms with Crippen LogP contribution in [0.2, 0.25) is 0 Å². The molecule has 2 aliphatic carbocycles. The van der Waals surface area contributed by atoms with E-state index in [4.69, 9.17) is 24.5 Å². The quantitative estimate of drug-likeness (QED) is 0.239. The second kappa shape index (κ2) is 9.84. The fourth-order valence-electron chi connectivity index (χ4n) is 5.85. The number of ether oxygens (including phenoxy) is 2. The molecular formula is C33H31N4O2. The molecule has 3 aromatic heterocycles. The van der Waals surface area contributed by atoms with E-state index in [-0.39, 0.29) is 0 Å². The lowest BCUT2D eigenvalue weighted by Gasteiger charge is -2.24. The van der Waals surface area contributed by atoms with Crippen LogP contribution in [-0.2, 0) is 19.4 Å². The summed E-state index contributed by atoms with van der Waals surface area (Å²) in [4.78, 5) is 10.1. The maximum atomic E-state index is 5.94. The molecule has 3 heterocycles. The van der Waals surface area contributed by atoms with Gasteiger partial charge in [-0.15, -0.1) is 0 Å². The zero-order valence-corrected chi connectivity index (χ0v) is 22.4. The standard InChI is InChI=1S/C33H31N4O2/c1-38-25-15-12-21(13-16-25)20-37-29-18-30(39-2)32(27-11-5-7-22-6-4-10-26(22)27)35-33(29)31(36-37)24-14-17-28(34-19-24)23-8-3-9-23/h3,5,7,11-19,23H,4,6,8-10,20H2,1-2H3. The van der Waals surface area contributed by atoms with Crippen LogP contribution in [0.3, 0.4) is 0 Å². The van der Waals surface area contributed by atoms with Crippen LogP contribution in [0.15, 0.2) is 66.9 Å². The van der Waals surface area contributed by atoms with Gasteiger partial charge in [-0.25, -0.2) is 4.98 Å². The van der Waals surface area contributed by atoms with Crippen LogP contribution >= 0.6 is 0 Å². The molecule has 0 unspecified atom stereocenters. The number of benzene rings is 2. The van der Waals surface area contributed by atoms with Gasteiger partial charge < -0.3 is 9.47 Å². The average molecular weight is 516 g/mol. The molecule has 2 aliphatic rings. The number of nitrogens with zero attached hydrogens (tertiary/aromatic N) is 4. The largest absolute Gasteiger partial charge is 0.497 e. The fraction of sp³-hybridized carbons (Fsp3) is 0.273. The van der Waals surface area contributed by atoms with Crippen molar-refractivity contribution >= 4 is 11.0 Å². The van der Waals surface area contributed by atoms with Gasteiger partial charge in [0.2, 0.25) is 0 Å². The lowest BCUT2D eigenvalue weighted by molar-refractivity contribution is 0.414. The van der Waals surface area contributed by atoms with Gasteiger partial charge in [-0.3, -0.25) is 9.67 Å². The fourth-order valence-corrected chi connectivity index (χ4v) is 5.85. The van der Waals surface area contributed by atoms with Crippen LogP contribution in [-0.4, -0.2) is 34.0 Å². The van der Waals surface area contributed by atoms with E-state index in [1.807, 2.05) is 23.0 Å². The summed E-state index contributed by atoms with van der Waals surface area (Å²) in [5, 5.41) is 5.11. The summed E-state index contributed by atoms with van der Waals surface area (Å²) >= 11 is 0. The van der Waals surface area contributed by atoms with E-state index in [1.165, 1.54) is 17.5 Å². The maximum absolute atomic E-state index is 5.94. The van der Waals surface area contributed by atoms with Crippen molar-refractivity contribution in [1.82, 2.24) is 19.7 Å². The predicted octanol–water partition coefficient (Wildman–Crippen LogP) is 6.80. The number of hydrogen-bond acceptors (Lipinski definition) is 5. The molecule has 1 fully saturated rings.